The van der Waals surface area contributed by atoms with Crippen LogP contribution in [0.15, 0.2) is 18.2 Å². The van der Waals surface area contributed by atoms with Gasteiger partial charge in [0, 0.05) is 5.56 Å². The van der Waals surface area contributed by atoms with E-state index in [1.54, 1.807) is 12.1 Å². The van der Waals surface area contributed by atoms with E-state index in [1.165, 1.54) is 0 Å². The molecule has 0 unspecified atom stereocenters. The van der Waals surface area contributed by atoms with E-state index < -0.39 is 13.0 Å². The Labute approximate surface area is 111 Å². The number of rotatable bonds is 5. The molecule has 1 rings (SSSR count). The van der Waals surface area contributed by atoms with E-state index in [4.69, 9.17) is 16.3 Å². The molecule has 5 heteroatoms. The first-order chi connectivity index (χ1) is 8.28. The van der Waals surface area contributed by atoms with Gasteiger partial charge in [-0.15, -0.1) is 0 Å². The van der Waals surface area contributed by atoms with Gasteiger partial charge in [-0.3, -0.25) is 0 Å². The van der Waals surface area contributed by atoms with Gasteiger partial charge in [0.2, 0.25) is 0 Å². The Balaban J connectivity index is 2.62. The van der Waals surface area contributed by atoms with Crippen LogP contribution in [0.5, 0.6) is 5.75 Å². The van der Waals surface area contributed by atoms with Gasteiger partial charge in [0.25, 0.3) is 6.43 Å². The summed E-state index contributed by atoms with van der Waals surface area (Å²) in [5, 5.41) is 2.55. The number of quaternary nitrogens is 1. The quantitative estimate of drug-likeness (QED) is 0.881. The van der Waals surface area contributed by atoms with Crippen molar-refractivity contribution in [2.75, 3.05) is 6.61 Å². The van der Waals surface area contributed by atoms with Gasteiger partial charge in [0.1, 0.15) is 18.9 Å². The highest BCUT2D eigenvalue weighted by Gasteiger charge is 2.13. The molecule has 0 heterocycles. The van der Waals surface area contributed by atoms with Crippen molar-refractivity contribution in [1.82, 2.24) is 0 Å². The van der Waals surface area contributed by atoms with Crippen molar-refractivity contribution in [1.29, 1.82) is 0 Å². The average molecular weight is 279 g/mol. The van der Waals surface area contributed by atoms with Gasteiger partial charge in [-0.05, 0) is 39.0 Å². The molecule has 0 amide bonds. The van der Waals surface area contributed by atoms with E-state index in [0.29, 0.717) is 10.8 Å². The molecule has 1 aromatic rings. The van der Waals surface area contributed by atoms with Crippen LogP contribution in [-0.2, 0) is 6.54 Å². The van der Waals surface area contributed by atoms with Crippen molar-refractivity contribution in [3.8, 4) is 5.75 Å². The maximum atomic E-state index is 12.0. The molecule has 0 radical (unpaired) electrons. The highest BCUT2D eigenvalue weighted by molar-refractivity contribution is 6.32. The fourth-order valence-corrected chi connectivity index (χ4v) is 1.62. The Kier molecular flexibility index (Phi) is 5.35. The molecule has 0 saturated carbocycles. The van der Waals surface area contributed by atoms with E-state index in [1.807, 2.05) is 6.07 Å². The first-order valence-corrected chi connectivity index (χ1v) is 6.19. The third kappa shape index (κ3) is 5.65. The van der Waals surface area contributed by atoms with Gasteiger partial charge in [-0.2, -0.15) is 0 Å². The molecule has 0 aliphatic carbocycles. The second kappa shape index (κ2) is 6.34. The second-order valence-electron chi connectivity index (χ2n) is 5.24. The van der Waals surface area contributed by atoms with Crippen LogP contribution in [0.3, 0.4) is 0 Å². The Morgan fingerprint density at radius 1 is 1.33 bits per heavy atom. The lowest BCUT2D eigenvalue weighted by Crippen LogP contribution is -2.92. The van der Waals surface area contributed by atoms with Crippen LogP contribution in [0, 0.1) is 0 Å². The largest absolute Gasteiger partial charge is 0.486 e. The second-order valence-corrected chi connectivity index (χ2v) is 5.65. The Morgan fingerprint density at radius 3 is 2.50 bits per heavy atom. The topological polar surface area (TPSA) is 25.8 Å². The van der Waals surface area contributed by atoms with E-state index in [0.717, 1.165) is 12.1 Å². The highest BCUT2D eigenvalue weighted by Crippen LogP contribution is 2.25. The third-order valence-electron chi connectivity index (χ3n) is 2.31. The summed E-state index contributed by atoms with van der Waals surface area (Å²) in [6, 6.07) is 5.23. The van der Waals surface area contributed by atoms with Crippen LogP contribution in [0.25, 0.3) is 0 Å². The van der Waals surface area contributed by atoms with E-state index in [9.17, 15) is 8.78 Å². The SMILES string of the molecule is CC(C)(C)[NH2+]Cc1ccc(OCC(F)F)c(Cl)c1. The van der Waals surface area contributed by atoms with Gasteiger partial charge < -0.3 is 10.1 Å². The average Bonchev–Trinajstić information content (AvgIpc) is 2.24. The zero-order valence-electron chi connectivity index (χ0n) is 10.8. The summed E-state index contributed by atoms with van der Waals surface area (Å²) in [5.41, 5.74) is 1.18. The van der Waals surface area contributed by atoms with Crippen LogP contribution in [-0.4, -0.2) is 18.6 Å². The number of benzene rings is 1. The highest BCUT2D eigenvalue weighted by atomic mass is 35.5. The summed E-state index contributed by atoms with van der Waals surface area (Å²) in [5.74, 6) is 0.302. The van der Waals surface area contributed by atoms with Crippen molar-refractivity contribution in [3.63, 3.8) is 0 Å². The van der Waals surface area contributed by atoms with Crippen LogP contribution in [0.2, 0.25) is 5.02 Å². The summed E-state index contributed by atoms with van der Waals surface area (Å²) in [6.45, 7) is 6.52. The standard InChI is InChI=1S/C13H18ClF2NO/c1-13(2,3)17-7-9-4-5-11(10(14)6-9)18-8-12(15)16/h4-6,12,17H,7-8H2,1-3H3/p+1. The molecule has 0 spiro atoms. The zero-order valence-corrected chi connectivity index (χ0v) is 11.6. The maximum absolute atomic E-state index is 12.0. The van der Waals surface area contributed by atoms with Crippen molar-refractivity contribution >= 4 is 11.6 Å². The van der Waals surface area contributed by atoms with Crippen molar-refractivity contribution in [2.24, 2.45) is 0 Å². The Hall–Kier alpha value is -0.870. The van der Waals surface area contributed by atoms with Crippen molar-refractivity contribution in [2.45, 2.75) is 39.3 Å². The summed E-state index contributed by atoms with van der Waals surface area (Å²) >= 11 is 5.98. The zero-order chi connectivity index (χ0) is 13.8. The van der Waals surface area contributed by atoms with Crippen LogP contribution in [0.4, 0.5) is 8.78 Å². The van der Waals surface area contributed by atoms with Gasteiger partial charge in [-0.25, -0.2) is 8.78 Å². The molecule has 2 N–H and O–H groups in total. The minimum atomic E-state index is -2.49. The molecule has 0 fully saturated rings. The van der Waals surface area contributed by atoms with Gasteiger partial charge >= 0.3 is 0 Å². The van der Waals surface area contributed by atoms with E-state index in [-0.39, 0.29) is 5.54 Å². The predicted molar refractivity (Wildman–Crippen MR) is 68.3 cm³/mol. The van der Waals surface area contributed by atoms with Crippen LogP contribution >= 0.6 is 11.6 Å². The lowest BCUT2D eigenvalue weighted by atomic mass is 10.1. The van der Waals surface area contributed by atoms with Crippen molar-refractivity contribution < 1.29 is 18.8 Å². The number of alkyl halides is 2. The molecule has 1 aromatic carbocycles. The molecule has 0 saturated heterocycles. The lowest BCUT2D eigenvalue weighted by Gasteiger charge is -2.17. The number of nitrogens with two attached hydrogens (primary N) is 1. The minimum absolute atomic E-state index is 0.136. The van der Waals surface area contributed by atoms with Crippen LogP contribution < -0.4 is 10.1 Å². The summed E-state index contributed by atoms with van der Waals surface area (Å²) in [7, 11) is 0. The lowest BCUT2D eigenvalue weighted by molar-refractivity contribution is -0.731. The third-order valence-corrected chi connectivity index (χ3v) is 2.61. The molecule has 0 aromatic heterocycles. The van der Waals surface area contributed by atoms with Gasteiger partial charge in [-0.1, -0.05) is 11.6 Å². The van der Waals surface area contributed by atoms with Gasteiger partial charge in [0.05, 0.1) is 10.6 Å². The van der Waals surface area contributed by atoms with E-state index in [2.05, 4.69) is 26.1 Å². The molecule has 0 aliphatic heterocycles. The molecule has 0 aliphatic rings. The fourth-order valence-electron chi connectivity index (χ4n) is 1.37. The molecule has 18 heavy (non-hydrogen) atoms. The number of hydrogen-bond acceptors (Lipinski definition) is 1. The molecule has 0 bridgehead atoms. The summed E-state index contributed by atoms with van der Waals surface area (Å²) in [6.07, 6.45) is -2.49. The summed E-state index contributed by atoms with van der Waals surface area (Å²) < 4.78 is 28.9. The number of halogens is 3. The number of ether oxygens (including phenoxy) is 1. The van der Waals surface area contributed by atoms with E-state index >= 15 is 0 Å². The summed E-state index contributed by atoms with van der Waals surface area (Å²) in [4.78, 5) is 0. The monoisotopic (exact) mass is 278 g/mol. The predicted octanol–water partition coefficient (Wildman–Crippen LogP) is 2.85. The van der Waals surface area contributed by atoms with Crippen molar-refractivity contribution in [3.05, 3.63) is 28.8 Å². The smallest absolute Gasteiger partial charge is 0.272 e. The molecule has 0 atom stereocenters. The number of hydrogen-bond donors (Lipinski definition) is 1. The first kappa shape index (κ1) is 15.2. The molecule has 2 nitrogen and oxygen atoms in total. The first-order valence-electron chi connectivity index (χ1n) is 5.81. The Bertz CT molecular complexity index is 391. The minimum Gasteiger partial charge on any atom is -0.486 e. The molecular weight excluding hydrogens is 260 g/mol. The normalized spacial score (nSPS) is 11.9. The molecule has 102 valence electrons. The molecular formula is C13H19ClF2NO+. The van der Waals surface area contributed by atoms with Gasteiger partial charge in [0.15, 0.2) is 0 Å². The van der Waals surface area contributed by atoms with Crippen LogP contribution in [0.1, 0.15) is 26.3 Å². The maximum Gasteiger partial charge on any atom is 0.272 e. The Morgan fingerprint density at radius 2 is 2.00 bits per heavy atom. The fraction of sp³-hybridized carbons (Fsp3) is 0.538.